The van der Waals surface area contributed by atoms with Crippen molar-refractivity contribution in [2.75, 3.05) is 5.32 Å². The van der Waals surface area contributed by atoms with Crippen LogP contribution in [0.2, 0.25) is 0 Å². The number of hydrogen-bond acceptors (Lipinski definition) is 2. The Morgan fingerprint density at radius 3 is 2.54 bits per heavy atom. The third kappa shape index (κ3) is 3.67. The predicted molar refractivity (Wildman–Crippen MR) is 101 cm³/mol. The maximum Gasteiger partial charge on any atom is 0.255 e. The number of carbonyl (C=O) groups is 1. The van der Waals surface area contributed by atoms with Crippen LogP contribution in [0, 0.1) is 33.5 Å². The number of amides is 1. The molecule has 0 spiro atoms. The van der Waals surface area contributed by atoms with E-state index < -0.39 is 0 Å². The van der Waals surface area contributed by atoms with Crippen LogP contribution < -0.4 is 5.32 Å². The standard InChI is InChI=1S/C21H22FN3O/c1-13-8-9-18(10-14(13)2)21(26)23-20-15(3)24-25(16(20)4)12-17-6-5-7-19(22)11-17/h5-11H,12H2,1-4H3,(H,23,26). The maximum absolute atomic E-state index is 13.4. The molecule has 0 bridgehead atoms. The lowest BCUT2D eigenvalue weighted by Crippen LogP contribution is -2.13. The largest absolute Gasteiger partial charge is 0.319 e. The SMILES string of the molecule is Cc1ccc(C(=O)Nc2c(C)nn(Cc3cccc(F)c3)c2C)cc1C. The second-order valence-electron chi connectivity index (χ2n) is 6.59. The summed E-state index contributed by atoms with van der Waals surface area (Å²) >= 11 is 0. The Hall–Kier alpha value is -2.95. The van der Waals surface area contributed by atoms with Crippen molar-refractivity contribution in [3.8, 4) is 0 Å². The molecule has 3 rings (SSSR count). The van der Waals surface area contributed by atoms with E-state index in [1.807, 2.05) is 52.0 Å². The van der Waals surface area contributed by atoms with Crippen LogP contribution >= 0.6 is 0 Å². The molecule has 0 aliphatic rings. The molecule has 1 N–H and O–H groups in total. The van der Waals surface area contributed by atoms with Crippen molar-refractivity contribution in [2.24, 2.45) is 0 Å². The quantitative estimate of drug-likeness (QED) is 0.749. The molecule has 2 aromatic carbocycles. The third-order valence-electron chi connectivity index (χ3n) is 4.61. The lowest BCUT2D eigenvalue weighted by molar-refractivity contribution is 0.102. The van der Waals surface area contributed by atoms with Gasteiger partial charge >= 0.3 is 0 Å². The number of hydrogen-bond donors (Lipinski definition) is 1. The van der Waals surface area contributed by atoms with Crippen LogP contribution in [0.1, 0.15) is 38.4 Å². The van der Waals surface area contributed by atoms with E-state index in [1.165, 1.54) is 12.1 Å². The zero-order valence-electron chi connectivity index (χ0n) is 15.4. The average Bonchev–Trinajstić information content (AvgIpc) is 2.85. The summed E-state index contributed by atoms with van der Waals surface area (Å²) in [5, 5.41) is 7.46. The number of benzene rings is 2. The van der Waals surface area contributed by atoms with Crippen molar-refractivity contribution in [1.29, 1.82) is 0 Å². The Morgan fingerprint density at radius 2 is 1.85 bits per heavy atom. The number of carbonyl (C=O) groups excluding carboxylic acids is 1. The van der Waals surface area contributed by atoms with Crippen molar-refractivity contribution in [2.45, 2.75) is 34.2 Å². The molecule has 4 nitrogen and oxygen atoms in total. The Labute approximate surface area is 152 Å². The average molecular weight is 351 g/mol. The van der Waals surface area contributed by atoms with Crippen LogP contribution in [-0.4, -0.2) is 15.7 Å². The van der Waals surface area contributed by atoms with Gasteiger partial charge in [0.25, 0.3) is 5.91 Å². The van der Waals surface area contributed by atoms with E-state index in [0.717, 1.165) is 28.1 Å². The normalized spacial score (nSPS) is 10.8. The predicted octanol–water partition coefficient (Wildman–Crippen LogP) is 4.56. The van der Waals surface area contributed by atoms with Crippen LogP contribution in [0.4, 0.5) is 10.1 Å². The number of aryl methyl sites for hydroxylation is 3. The topological polar surface area (TPSA) is 46.9 Å². The lowest BCUT2D eigenvalue weighted by atomic mass is 10.1. The van der Waals surface area contributed by atoms with E-state index in [4.69, 9.17) is 0 Å². The van der Waals surface area contributed by atoms with Crippen LogP contribution in [0.25, 0.3) is 0 Å². The van der Waals surface area contributed by atoms with E-state index >= 15 is 0 Å². The second kappa shape index (κ2) is 7.12. The molecule has 0 fully saturated rings. The number of rotatable bonds is 4. The third-order valence-corrected chi connectivity index (χ3v) is 4.61. The summed E-state index contributed by atoms with van der Waals surface area (Å²) in [7, 11) is 0. The highest BCUT2D eigenvalue weighted by molar-refractivity contribution is 6.05. The van der Waals surface area contributed by atoms with Gasteiger partial charge in [0, 0.05) is 5.56 Å². The molecule has 0 saturated carbocycles. The fourth-order valence-electron chi connectivity index (χ4n) is 2.91. The lowest BCUT2D eigenvalue weighted by Gasteiger charge is -2.09. The van der Waals surface area contributed by atoms with E-state index in [9.17, 15) is 9.18 Å². The fourth-order valence-corrected chi connectivity index (χ4v) is 2.91. The molecule has 0 aliphatic heterocycles. The van der Waals surface area contributed by atoms with E-state index in [2.05, 4.69) is 10.4 Å². The zero-order valence-corrected chi connectivity index (χ0v) is 15.4. The molecule has 0 atom stereocenters. The van der Waals surface area contributed by atoms with Gasteiger partial charge in [-0.3, -0.25) is 9.48 Å². The highest BCUT2D eigenvalue weighted by Gasteiger charge is 2.16. The summed E-state index contributed by atoms with van der Waals surface area (Å²) in [6.07, 6.45) is 0. The maximum atomic E-state index is 13.4. The zero-order chi connectivity index (χ0) is 18.8. The first-order valence-electron chi connectivity index (χ1n) is 8.52. The Kier molecular flexibility index (Phi) is 4.89. The summed E-state index contributed by atoms with van der Waals surface area (Å²) in [5.74, 6) is -0.433. The molecule has 5 heteroatoms. The molecule has 26 heavy (non-hydrogen) atoms. The van der Waals surface area contributed by atoms with Crippen molar-refractivity contribution in [3.63, 3.8) is 0 Å². The minimum Gasteiger partial charge on any atom is -0.319 e. The second-order valence-corrected chi connectivity index (χ2v) is 6.59. The van der Waals surface area contributed by atoms with Gasteiger partial charge in [0.15, 0.2) is 0 Å². The highest BCUT2D eigenvalue weighted by atomic mass is 19.1. The first kappa shape index (κ1) is 17.9. The van der Waals surface area contributed by atoms with Gasteiger partial charge in [0.2, 0.25) is 0 Å². The van der Waals surface area contributed by atoms with E-state index in [-0.39, 0.29) is 11.7 Å². The van der Waals surface area contributed by atoms with Crippen molar-refractivity contribution in [1.82, 2.24) is 9.78 Å². The highest BCUT2D eigenvalue weighted by Crippen LogP contribution is 2.22. The number of nitrogens with one attached hydrogen (secondary N) is 1. The number of anilines is 1. The molecule has 3 aromatic rings. The van der Waals surface area contributed by atoms with Crippen LogP contribution in [0.3, 0.4) is 0 Å². The Bertz CT molecular complexity index is 975. The minimum atomic E-state index is -0.271. The summed E-state index contributed by atoms with van der Waals surface area (Å²) in [5.41, 5.74) is 5.93. The smallest absolute Gasteiger partial charge is 0.255 e. The van der Waals surface area contributed by atoms with Crippen molar-refractivity contribution in [3.05, 3.63) is 81.9 Å². The molecule has 1 amide bonds. The summed E-state index contributed by atoms with van der Waals surface area (Å²) < 4.78 is 15.2. The first-order chi connectivity index (χ1) is 12.3. The van der Waals surface area contributed by atoms with E-state index in [0.29, 0.717) is 17.8 Å². The molecule has 0 saturated heterocycles. The molecule has 134 valence electrons. The minimum absolute atomic E-state index is 0.162. The van der Waals surface area contributed by atoms with Gasteiger partial charge in [-0.1, -0.05) is 18.2 Å². The number of aromatic nitrogens is 2. The van der Waals surface area contributed by atoms with Gasteiger partial charge in [-0.25, -0.2) is 4.39 Å². The van der Waals surface area contributed by atoms with E-state index in [1.54, 1.807) is 10.7 Å². The van der Waals surface area contributed by atoms with Gasteiger partial charge < -0.3 is 5.32 Å². The van der Waals surface area contributed by atoms with Crippen molar-refractivity contribution >= 4 is 11.6 Å². The Balaban J connectivity index is 1.83. The number of halogens is 1. The van der Waals surface area contributed by atoms with Crippen LogP contribution in [-0.2, 0) is 6.54 Å². The summed E-state index contributed by atoms with van der Waals surface area (Å²) in [6, 6.07) is 12.1. The molecule has 0 aliphatic carbocycles. The molecule has 0 radical (unpaired) electrons. The van der Waals surface area contributed by atoms with Gasteiger partial charge in [-0.05, 0) is 68.7 Å². The van der Waals surface area contributed by atoms with Gasteiger partial charge in [0.1, 0.15) is 5.82 Å². The Morgan fingerprint density at radius 1 is 1.08 bits per heavy atom. The van der Waals surface area contributed by atoms with Crippen LogP contribution in [0.5, 0.6) is 0 Å². The molecular formula is C21H22FN3O. The molecule has 1 heterocycles. The van der Waals surface area contributed by atoms with Gasteiger partial charge in [-0.15, -0.1) is 0 Å². The van der Waals surface area contributed by atoms with Gasteiger partial charge in [0.05, 0.1) is 23.6 Å². The van der Waals surface area contributed by atoms with Crippen LogP contribution in [0.15, 0.2) is 42.5 Å². The molecular weight excluding hydrogens is 329 g/mol. The fraction of sp³-hybridized carbons (Fsp3) is 0.238. The number of nitrogens with zero attached hydrogens (tertiary/aromatic N) is 2. The van der Waals surface area contributed by atoms with Gasteiger partial charge in [-0.2, -0.15) is 5.10 Å². The molecule has 0 unspecified atom stereocenters. The summed E-state index contributed by atoms with van der Waals surface area (Å²) in [6.45, 7) is 8.20. The monoisotopic (exact) mass is 351 g/mol. The van der Waals surface area contributed by atoms with Crippen molar-refractivity contribution < 1.29 is 9.18 Å². The first-order valence-corrected chi connectivity index (χ1v) is 8.52. The summed E-state index contributed by atoms with van der Waals surface area (Å²) in [4.78, 5) is 12.6. The molecule has 1 aromatic heterocycles.